The molecule has 0 N–H and O–H groups in total. The molecule has 38 heavy (non-hydrogen) atoms. The van der Waals surface area contributed by atoms with Gasteiger partial charge in [0.25, 0.3) is 5.91 Å². The highest BCUT2D eigenvalue weighted by atomic mass is 19.1. The molecule has 0 bridgehead atoms. The summed E-state index contributed by atoms with van der Waals surface area (Å²) in [4.78, 5) is 16.2. The first-order chi connectivity index (χ1) is 18.5. The van der Waals surface area contributed by atoms with Gasteiger partial charge in [-0.1, -0.05) is 30.3 Å². The van der Waals surface area contributed by atoms with Gasteiger partial charge in [0, 0.05) is 37.1 Å². The predicted molar refractivity (Wildman–Crippen MR) is 148 cm³/mol. The smallest absolute Gasteiger partial charge is 0.253 e. The van der Waals surface area contributed by atoms with Crippen molar-refractivity contribution in [3.8, 4) is 5.69 Å². The normalized spacial score (nSPS) is 20.1. The first-order valence-corrected chi connectivity index (χ1v) is 13.3. The van der Waals surface area contributed by atoms with Crippen molar-refractivity contribution in [2.24, 2.45) is 11.8 Å². The van der Waals surface area contributed by atoms with Gasteiger partial charge in [-0.05, 0) is 80.3 Å². The number of hydrogen-bond acceptors (Lipinski definition) is 4. The molecule has 0 spiro atoms. The van der Waals surface area contributed by atoms with Gasteiger partial charge in [0.05, 0.1) is 30.6 Å². The van der Waals surface area contributed by atoms with Gasteiger partial charge in [-0.25, -0.2) is 9.07 Å². The summed E-state index contributed by atoms with van der Waals surface area (Å²) in [5.41, 5.74) is 3.92. The van der Waals surface area contributed by atoms with Crippen LogP contribution in [0.25, 0.3) is 16.6 Å². The fourth-order valence-corrected chi connectivity index (χ4v) is 4.90. The molecule has 4 aromatic rings. The van der Waals surface area contributed by atoms with E-state index < -0.39 is 0 Å². The van der Waals surface area contributed by atoms with Gasteiger partial charge < -0.3 is 14.5 Å². The molecular formula is C31H35FN4O2. The van der Waals surface area contributed by atoms with Gasteiger partial charge in [-0.3, -0.25) is 4.79 Å². The van der Waals surface area contributed by atoms with E-state index in [0.29, 0.717) is 0 Å². The van der Waals surface area contributed by atoms with Gasteiger partial charge in [0.2, 0.25) is 0 Å². The second-order valence-electron chi connectivity index (χ2n) is 10.3. The van der Waals surface area contributed by atoms with E-state index in [-0.39, 0.29) is 11.7 Å². The van der Waals surface area contributed by atoms with Gasteiger partial charge in [0.15, 0.2) is 0 Å². The maximum absolute atomic E-state index is 12.9. The van der Waals surface area contributed by atoms with E-state index in [4.69, 9.17) is 4.74 Å². The maximum Gasteiger partial charge on any atom is 0.253 e. The number of halogens is 1. The third-order valence-corrected chi connectivity index (χ3v) is 7.32. The van der Waals surface area contributed by atoms with Crippen LogP contribution in [0.15, 0.2) is 79.0 Å². The molecule has 1 amide bonds. The van der Waals surface area contributed by atoms with Crippen LogP contribution in [0.4, 0.5) is 4.39 Å². The van der Waals surface area contributed by atoms with Crippen LogP contribution in [-0.4, -0.2) is 71.9 Å². The number of aryl methyl sites for hydroxylation is 1. The summed E-state index contributed by atoms with van der Waals surface area (Å²) in [6.45, 7) is 8.03. The topological polar surface area (TPSA) is 50.6 Å². The lowest BCUT2D eigenvalue weighted by molar-refractivity contribution is 0.0503. The van der Waals surface area contributed by atoms with Crippen molar-refractivity contribution in [3.05, 3.63) is 95.9 Å². The minimum Gasteiger partial charge on any atom is -0.379 e. The number of likely N-dealkylation sites (tertiary alicyclic amines) is 1. The molecule has 3 heterocycles. The van der Waals surface area contributed by atoms with Crippen molar-refractivity contribution >= 4 is 16.8 Å². The first kappa shape index (κ1) is 26.1. The van der Waals surface area contributed by atoms with Crippen LogP contribution in [0.3, 0.4) is 0 Å². The molecule has 3 aromatic carbocycles. The molecule has 2 atom stereocenters. The molecule has 3 aliphatic rings. The Labute approximate surface area is 223 Å². The summed E-state index contributed by atoms with van der Waals surface area (Å²) in [6, 6.07) is 22.1. The van der Waals surface area contributed by atoms with Crippen molar-refractivity contribution < 1.29 is 13.9 Å². The van der Waals surface area contributed by atoms with Gasteiger partial charge in [-0.2, -0.15) is 5.10 Å². The molecule has 2 saturated heterocycles. The van der Waals surface area contributed by atoms with E-state index in [1.54, 1.807) is 12.1 Å². The van der Waals surface area contributed by atoms with Crippen molar-refractivity contribution in [2.75, 3.05) is 46.4 Å². The Bertz CT molecular complexity index is 1340. The minimum absolute atomic E-state index is 0.206. The van der Waals surface area contributed by atoms with Crippen molar-refractivity contribution in [1.82, 2.24) is 19.6 Å². The Hall–Kier alpha value is -3.55. The monoisotopic (exact) mass is 514 g/mol. The maximum atomic E-state index is 12.9. The van der Waals surface area contributed by atoms with Crippen molar-refractivity contribution in [1.29, 1.82) is 0 Å². The number of carbonyl (C=O) groups is 1. The van der Waals surface area contributed by atoms with Crippen LogP contribution in [0.1, 0.15) is 22.3 Å². The zero-order valence-corrected chi connectivity index (χ0v) is 22.1. The Balaban J connectivity index is 0.000000126. The van der Waals surface area contributed by atoms with Gasteiger partial charge >= 0.3 is 0 Å². The van der Waals surface area contributed by atoms with E-state index in [1.165, 1.54) is 24.1 Å². The number of piperidine rings is 1. The molecule has 1 saturated carbocycles. The number of amides is 1. The number of benzene rings is 3. The number of fused-ring (bicyclic) bond motifs is 2. The lowest BCUT2D eigenvalue weighted by atomic mass is 10.2. The third kappa shape index (κ3) is 6.47. The zero-order chi connectivity index (χ0) is 26.5. The highest BCUT2D eigenvalue weighted by Crippen LogP contribution is 2.45. The van der Waals surface area contributed by atoms with E-state index in [0.717, 1.165) is 73.4 Å². The molecule has 198 valence electrons. The molecule has 0 radical (unpaired) electrons. The molecule has 7 rings (SSSR count). The fraction of sp³-hybridized carbons (Fsp3) is 0.355. The average Bonchev–Trinajstić information content (AvgIpc) is 3.34. The number of nitrogens with zero attached hydrogens (tertiary/aromatic N) is 4. The predicted octanol–water partition coefficient (Wildman–Crippen LogP) is 5.20. The summed E-state index contributed by atoms with van der Waals surface area (Å²) in [5.74, 6) is 1.62. The summed E-state index contributed by atoms with van der Waals surface area (Å²) in [7, 11) is 2.11. The van der Waals surface area contributed by atoms with Crippen molar-refractivity contribution in [3.63, 3.8) is 0 Å². The molecule has 3 fully saturated rings. The number of likely N-dealkylation sites (N-methyl/N-ethyl adjacent to an activating group) is 1. The van der Waals surface area contributed by atoms with E-state index in [2.05, 4.69) is 29.2 Å². The quantitative estimate of drug-likeness (QED) is 0.369. The SMILES string of the molecule is CN1CCOCC1.Cc1ccc2cnn(-c3ccc(F)cc3)c2c1.O=C(c1ccccc1)N1CC2CC2C1. The summed E-state index contributed by atoms with van der Waals surface area (Å²) < 4.78 is 19.8. The highest BCUT2D eigenvalue weighted by Gasteiger charge is 2.46. The lowest BCUT2D eigenvalue weighted by Crippen LogP contribution is -2.32. The number of morpholine rings is 1. The van der Waals surface area contributed by atoms with Crippen LogP contribution in [0.5, 0.6) is 0 Å². The van der Waals surface area contributed by atoms with E-state index >= 15 is 0 Å². The van der Waals surface area contributed by atoms with Crippen LogP contribution >= 0.6 is 0 Å². The second kappa shape index (κ2) is 11.9. The van der Waals surface area contributed by atoms with Crippen LogP contribution in [0.2, 0.25) is 0 Å². The molecule has 7 heteroatoms. The number of rotatable bonds is 2. The number of ether oxygens (including phenoxy) is 1. The third-order valence-electron chi connectivity index (χ3n) is 7.32. The summed E-state index contributed by atoms with van der Waals surface area (Å²) >= 11 is 0. The number of aromatic nitrogens is 2. The minimum atomic E-state index is -0.235. The molecular weight excluding hydrogens is 479 g/mol. The Morgan fingerprint density at radius 2 is 1.63 bits per heavy atom. The Kier molecular flexibility index (Phi) is 8.15. The largest absolute Gasteiger partial charge is 0.379 e. The van der Waals surface area contributed by atoms with Gasteiger partial charge in [0.1, 0.15) is 5.82 Å². The standard InChI is InChI=1S/C14H11FN2.C12H13NO.C5H11NO/c1-10-2-3-11-9-16-17(14(11)8-10)13-6-4-12(15)5-7-13;14-12(9-4-2-1-3-5-9)13-7-10-6-11(10)8-13;1-6-2-4-7-5-3-6/h2-9H,1H3;1-5,10-11H,6-8H2;2-5H2,1H3. The Morgan fingerprint density at radius 1 is 0.947 bits per heavy atom. The molecule has 2 aliphatic heterocycles. The highest BCUT2D eigenvalue weighted by molar-refractivity contribution is 5.94. The average molecular weight is 515 g/mol. The van der Waals surface area contributed by atoms with Crippen LogP contribution < -0.4 is 0 Å². The van der Waals surface area contributed by atoms with E-state index in [9.17, 15) is 9.18 Å². The first-order valence-electron chi connectivity index (χ1n) is 13.3. The van der Waals surface area contributed by atoms with E-state index in [1.807, 2.05) is 59.1 Å². The summed E-state index contributed by atoms with van der Waals surface area (Å²) in [6.07, 6.45) is 3.16. The molecule has 1 aliphatic carbocycles. The van der Waals surface area contributed by atoms with Crippen LogP contribution in [0, 0.1) is 24.6 Å². The molecule has 2 unspecified atom stereocenters. The molecule has 1 aromatic heterocycles. The van der Waals surface area contributed by atoms with Crippen LogP contribution in [-0.2, 0) is 4.74 Å². The van der Waals surface area contributed by atoms with Crippen molar-refractivity contribution in [2.45, 2.75) is 13.3 Å². The second-order valence-corrected chi connectivity index (χ2v) is 10.3. The molecule has 6 nitrogen and oxygen atoms in total. The number of hydrogen-bond donors (Lipinski definition) is 0. The zero-order valence-electron chi connectivity index (χ0n) is 22.1. The summed E-state index contributed by atoms with van der Waals surface area (Å²) in [5, 5.41) is 5.41. The lowest BCUT2D eigenvalue weighted by Gasteiger charge is -2.21. The fourth-order valence-electron chi connectivity index (χ4n) is 4.90. The van der Waals surface area contributed by atoms with Gasteiger partial charge in [-0.15, -0.1) is 0 Å². The Morgan fingerprint density at radius 3 is 2.26 bits per heavy atom. The number of carbonyl (C=O) groups excluding carboxylic acids is 1.